The molecular weight excluding hydrogens is 496 g/mol. The Morgan fingerprint density at radius 3 is 0.949 bits per heavy atom. The molecule has 188 valence electrons. The summed E-state index contributed by atoms with van der Waals surface area (Å²) in [6.45, 7) is 0. The average Bonchev–Trinajstić information content (AvgIpc) is 3.02. The second-order valence-corrected chi connectivity index (χ2v) is 11.2. The van der Waals surface area contributed by atoms with E-state index >= 15 is 0 Å². The molecule has 0 bridgehead atoms. The molecule has 0 radical (unpaired) electrons. The van der Waals surface area contributed by atoms with Gasteiger partial charge in [0.15, 0.2) is 0 Å². The Kier molecular flexibility index (Phi) is 6.66. The molecule has 6 rings (SSSR count). The van der Waals surface area contributed by atoms with E-state index < -0.39 is 9.84 Å². The SMILES string of the molecule is O=S(=O)(c1cccc(-c2ccccc2)c1-c1ccccc1)c1cccc(-c2ccccc2)c1-c1ccccc1. The zero-order valence-corrected chi connectivity index (χ0v) is 22.1. The van der Waals surface area contributed by atoms with Crippen LogP contribution in [-0.2, 0) is 9.84 Å². The fraction of sp³-hybridized carbons (Fsp3) is 0. The molecule has 0 saturated carbocycles. The molecule has 0 aliphatic carbocycles. The highest BCUT2D eigenvalue weighted by Gasteiger charge is 2.28. The number of hydrogen-bond donors (Lipinski definition) is 0. The van der Waals surface area contributed by atoms with Crippen molar-refractivity contribution in [2.45, 2.75) is 9.79 Å². The Morgan fingerprint density at radius 2 is 0.615 bits per heavy atom. The smallest absolute Gasteiger partial charge is 0.207 e. The molecule has 0 aliphatic rings. The van der Waals surface area contributed by atoms with Crippen LogP contribution in [0.15, 0.2) is 168 Å². The molecule has 0 unspecified atom stereocenters. The van der Waals surface area contributed by atoms with Gasteiger partial charge in [-0.05, 0) is 45.5 Å². The molecule has 0 heterocycles. The van der Waals surface area contributed by atoms with Gasteiger partial charge < -0.3 is 0 Å². The fourth-order valence-corrected chi connectivity index (χ4v) is 6.90. The van der Waals surface area contributed by atoms with Crippen LogP contribution in [0.4, 0.5) is 0 Å². The summed E-state index contributed by atoms with van der Waals surface area (Å²) in [6, 6.07) is 50.6. The minimum atomic E-state index is -3.96. The summed E-state index contributed by atoms with van der Waals surface area (Å²) in [6.07, 6.45) is 0. The summed E-state index contributed by atoms with van der Waals surface area (Å²) < 4.78 is 29.6. The molecule has 2 nitrogen and oxygen atoms in total. The lowest BCUT2D eigenvalue weighted by molar-refractivity contribution is 0.596. The van der Waals surface area contributed by atoms with Crippen molar-refractivity contribution in [3.63, 3.8) is 0 Å². The Hall–Kier alpha value is -4.73. The van der Waals surface area contributed by atoms with Gasteiger partial charge >= 0.3 is 0 Å². The lowest BCUT2D eigenvalue weighted by atomic mass is 9.94. The molecule has 0 fully saturated rings. The topological polar surface area (TPSA) is 34.1 Å². The van der Waals surface area contributed by atoms with Gasteiger partial charge in [-0.15, -0.1) is 0 Å². The molecule has 0 spiro atoms. The number of rotatable bonds is 6. The van der Waals surface area contributed by atoms with Crippen LogP contribution in [0.1, 0.15) is 0 Å². The van der Waals surface area contributed by atoms with Crippen LogP contribution in [0.5, 0.6) is 0 Å². The zero-order chi connectivity index (χ0) is 26.7. The second-order valence-electron chi connectivity index (χ2n) is 9.32. The van der Waals surface area contributed by atoms with Gasteiger partial charge in [0.1, 0.15) is 0 Å². The van der Waals surface area contributed by atoms with Crippen molar-refractivity contribution in [3.8, 4) is 44.5 Å². The zero-order valence-electron chi connectivity index (χ0n) is 21.2. The maximum atomic E-state index is 14.8. The Labute approximate surface area is 229 Å². The summed E-state index contributed by atoms with van der Waals surface area (Å²) in [7, 11) is -3.96. The van der Waals surface area contributed by atoms with Crippen LogP contribution in [-0.4, -0.2) is 8.42 Å². The van der Waals surface area contributed by atoms with E-state index in [1.165, 1.54) is 0 Å². The lowest BCUT2D eigenvalue weighted by Crippen LogP contribution is -2.08. The quantitative estimate of drug-likeness (QED) is 0.218. The van der Waals surface area contributed by atoms with E-state index in [9.17, 15) is 8.42 Å². The highest BCUT2D eigenvalue weighted by molar-refractivity contribution is 7.91. The van der Waals surface area contributed by atoms with E-state index in [4.69, 9.17) is 0 Å². The Bertz CT molecular complexity index is 1700. The number of hydrogen-bond acceptors (Lipinski definition) is 2. The van der Waals surface area contributed by atoms with Crippen molar-refractivity contribution in [1.29, 1.82) is 0 Å². The van der Waals surface area contributed by atoms with Gasteiger partial charge in [-0.3, -0.25) is 0 Å². The van der Waals surface area contributed by atoms with Crippen molar-refractivity contribution in [2.75, 3.05) is 0 Å². The van der Waals surface area contributed by atoms with Gasteiger partial charge in [-0.25, -0.2) is 8.42 Å². The standard InChI is InChI=1S/C36H26O2S/c37-39(38,33-25-13-23-31(27-15-5-1-6-16-27)35(33)29-19-9-3-10-20-29)34-26-14-24-32(28-17-7-2-8-18-28)36(34)30-21-11-4-12-22-30/h1-26H. The van der Waals surface area contributed by atoms with Crippen molar-refractivity contribution in [1.82, 2.24) is 0 Å². The highest BCUT2D eigenvalue weighted by Crippen LogP contribution is 2.43. The van der Waals surface area contributed by atoms with Crippen molar-refractivity contribution in [3.05, 3.63) is 158 Å². The Morgan fingerprint density at radius 1 is 0.308 bits per heavy atom. The van der Waals surface area contributed by atoms with E-state index in [-0.39, 0.29) is 9.79 Å². The first-order valence-corrected chi connectivity index (χ1v) is 14.4. The predicted molar refractivity (Wildman–Crippen MR) is 160 cm³/mol. The van der Waals surface area contributed by atoms with Gasteiger partial charge in [0.25, 0.3) is 0 Å². The summed E-state index contributed by atoms with van der Waals surface area (Å²) in [5, 5.41) is 0. The summed E-state index contributed by atoms with van der Waals surface area (Å²) >= 11 is 0. The number of sulfone groups is 1. The van der Waals surface area contributed by atoms with E-state index in [1.54, 1.807) is 12.1 Å². The summed E-state index contributed by atoms with van der Waals surface area (Å²) in [5.74, 6) is 0. The monoisotopic (exact) mass is 522 g/mol. The predicted octanol–water partition coefficient (Wildman–Crippen LogP) is 9.19. The van der Waals surface area contributed by atoms with Crippen LogP contribution in [0, 0.1) is 0 Å². The van der Waals surface area contributed by atoms with Crippen LogP contribution >= 0.6 is 0 Å². The first-order valence-electron chi connectivity index (χ1n) is 12.9. The van der Waals surface area contributed by atoms with Gasteiger partial charge in [0.05, 0.1) is 9.79 Å². The molecule has 3 heteroatoms. The second kappa shape index (κ2) is 10.6. The summed E-state index contributed by atoms with van der Waals surface area (Å²) in [5.41, 5.74) is 6.81. The van der Waals surface area contributed by atoms with Crippen LogP contribution < -0.4 is 0 Å². The van der Waals surface area contributed by atoms with Gasteiger partial charge in [-0.2, -0.15) is 0 Å². The van der Waals surface area contributed by atoms with Crippen LogP contribution in [0.3, 0.4) is 0 Å². The molecule has 0 aliphatic heterocycles. The maximum absolute atomic E-state index is 14.8. The van der Waals surface area contributed by atoms with E-state index in [1.807, 2.05) is 146 Å². The third kappa shape index (κ3) is 4.69. The third-order valence-corrected chi connectivity index (χ3v) is 8.76. The summed E-state index contributed by atoms with van der Waals surface area (Å²) in [4.78, 5) is 0.579. The third-order valence-electron chi connectivity index (χ3n) is 6.93. The fourth-order valence-electron chi connectivity index (χ4n) is 5.15. The minimum Gasteiger partial charge on any atom is -0.218 e. The van der Waals surface area contributed by atoms with Gasteiger partial charge in [-0.1, -0.05) is 146 Å². The molecule has 6 aromatic rings. The van der Waals surface area contributed by atoms with Gasteiger partial charge in [0, 0.05) is 11.1 Å². The highest BCUT2D eigenvalue weighted by atomic mass is 32.2. The molecule has 0 N–H and O–H groups in total. The Balaban J connectivity index is 1.67. The van der Waals surface area contributed by atoms with Crippen molar-refractivity contribution in [2.24, 2.45) is 0 Å². The van der Waals surface area contributed by atoms with Crippen molar-refractivity contribution >= 4 is 9.84 Å². The molecule has 6 aromatic carbocycles. The van der Waals surface area contributed by atoms with E-state index in [2.05, 4.69) is 0 Å². The molecule has 0 aromatic heterocycles. The molecular formula is C36H26O2S. The van der Waals surface area contributed by atoms with Crippen LogP contribution in [0.25, 0.3) is 44.5 Å². The molecule has 39 heavy (non-hydrogen) atoms. The first kappa shape index (κ1) is 24.6. The largest absolute Gasteiger partial charge is 0.218 e. The van der Waals surface area contributed by atoms with E-state index in [0.717, 1.165) is 33.4 Å². The van der Waals surface area contributed by atoms with Gasteiger partial charge in [0.2, 0.25) is 9.84 Å². The molecule has 0 saturated heterocycles. The van der Waals surface area contributed by atoms with E-state index in [0.29, 0.717) is 11.1 Å². The molecule has 0 atom stereocenters. The normalized spacial score (nSPS) is 11.3. The first-order chi connectivity index (χ1) is 19.1. The average molecular weight is 523 g/mol. The minimum absolute atomic E-state index is 0.289. The lowest BCUT2D eigenvalue weighted by Gasteiger charge is -2.20. The van der Waals surface area contributed by atoms with Crippen molar-refractivity contribution < 1.29 is 8.42 Å². The molecule has 0 amide bonds. The maximum Gasteiger partial charge on any atom is 0.207 e. The van der Waals surface area contributed by atoms with Crippen LogP contribution in [0.2, 0.25) is 0 Å². The number of benzene rings is 6.